The Bertz CT molecular complexity index is 451. The van der Waals surface area contributed by atoms with E-state index < -0.39 is 11.7 Å². The summed E-state index contributed by atoms with van der Waals surface area (Å²) in [5.41, 5.74) is 0.416. The van der Waals surface area contributed by atoms with Gasteiger partial charge in [0.05, 0.1) is 36.9 Å². The van der Waals surface area contributed by atoms with Gasteiger partial charge in [0.15, 0.2) is 0 Å². The number of nitrogens with zero attached hydrogens (tertiary/aromatic N) is 2. The molecule has 1 unspecified atom stereocenters. The molecule has 2 atom stereocenters. The summed E-state index contributed by atoms with van der Waals surface area (Å²) >= 11 is 0. The van der Waals surface area contributed by atoms with Crippen LogP contribution in [-0.4, -0.2) is 34.5 Å². The average Bonchev–Trinajstić information content (AvgIpc) is 2.82. The van der Waals surface area contributed by atoms with Crippen LogP contribution in [0.4, 0.5) is 4.79 Å². The molecule has 1 rings (SSSR count). The van der Waals surface area contributed by atoms with Gasteiger partial charge >= 0.3 is 6.09 Å². The molecule has 1 heterocycles. The number of carbonyl (C=O) groups excluding carboxylic acids is 1. The highest BCUT2D eigenvalue weighted by atomic mass is 16.6. The first-order valence-electron chi connectivity index (χ1n) is 7.33. The highest BCUT2D eigenvalue weighted by Crippen LogP contribution is 2.18. The van der Waals surface area contributed by atoms with Crippen LogP contribution in [0.5, 0.6) is 0 Å². The molecule has 1 aromatic rings. The van der Waals surface area contributed by atoms with Crippen molar-refractivity contribution in [2.45, 2.75) is 59.2 Å². The van der Waals surface area contributed by atoms with Gasteiger partial charge in [-0.3, -0.25) is 0 Å². The van der Waals surface area contributed by atoms with E-state index in [2.05, 4.69) is 17.2 Å². The van der Waals surface area contributed by atoms with E-state index in [0.29, 0.717) is 13.2 Å². The monoisotopic (exact) mass is 297 g/mol. The molecular formula is C15H27N3O3. The number of amides is 1. The number of aromatic nitrogens is 2. The summed E-state index contributed by atoms with van der Waals surface area (Å²) in [6, 6.07) is -0.0308. The molecule has 21 heavy (non-hydrogen) atoms. The van der Waals surface area contributed by atoms with Gasteiger partial charge in [-0.15, -0.1) is 0 Å². The summed E-state index contributed by atoms with van der Waals surface area (Å²) in [6.45, 7) is 12.7. The largest absolute Gasteiger partial charge is 0.444 e. The third kappa shape index (κ3) is 5.75. The average molecular weight is 297 g/mol. The van der Waals surface area contributed by atoms with Crippen LogP contribution < -0.4 is 5.32 Å². The molecule has 0 saturated carbocycles. The van der Waals surface area contributed by atoms with E-state index in [0.717, 1.165) is 5.69 Å². The molecule has 0 bridgehead atoms. The van der Waals surface area contributed by atoms with Crippen molar-refractivity contribution in [1.29, 1.82) is 0 Å². The molecule has 0 saturated heterocycles. The van der Waals surface area contributed by atoms with E-state index >= 15 is 0 Å². The SMILES string of the molecule is CCOCC(C)n1cncc1[C@@H](C)NC(=O)OC(C)(C)C. The van der Waals surface area contributed by atoms with Crippen molar-refractivity contribution < 1.29 is 14.3 Å². The van der Waals surface area contributed by atoms with Crippen molar-refractivity contribution in [3.05, 3.63) is 18.2 Å². The molecule has 120 valence electrons. The predicted octanol–water partition coefficient (Wildman–Crippen LogP) is 3.07. The maximum Gasteiger partial charge on any atom is 0.408 e. The Balaban J connectivity index is 2.68. The molecule has 0 fully saturated rings. The number of carbonyl (C=O) groups is 1. The van der Waals surface area contributed by atoms with Crippen LogP contribution in [0, 0.1) is 0 Å². The summed E-state index contributed by atoms with van der Waals surface area (Å²) < 4.78 is 12.7. The van der Waals surface area contributed by atoms with Crippen molar-refractivity contribution in [1.82, 2.24) is 14.9 Å². The Morgan fingerprint density at radius 2 is 2.10 bits per heavy atom. The number of rotatable bonds is 6. The van der Waals surface area contributed by atoms with E-state index in [1.165, 1.54) is 0 Å². The topological polar surface area (TPSA) is 65.4 Å². The fourth-order valence-corrected chi connectivity index (χ4v) is 1.95. The highest BCUT2D eigenvalue weighted by Gasteiger charge is 2.21. The van der Waals surface area contributed by atoms with Crippen molar-refractivity contribution in [3.63, 3.8) is 0 Å². The number of alkyl carbamates (subject to hydrolysis) is 1. The normalized spacial score (nSPS) is 14.6. The minimum absolute atomic E-state index is 0.158. The van der Waals surface area contributed by atoms with Gasteiger partial charge in [-0.25, -0.2) is 9.78 Å². The minimum atomic E-state index is -0.508. The van der Waals surface area contributed by atoms with Gasteiger partial charge in [0.25, 0.3) is 0 Å². The third-order valence-corrected chi connectivity index (χ3v) is 2.91. The fraction of sp³-hybridized carbons (Fsp3) is 0.733. The summed E-state index contributed by atoms with van der Waals surface area (Å²) in [5, 5.41) is 2.83. The Morgan fingerprint density at radius 1 is 1.43 bits per heavy atom. The van der Waals surface area contributed by atoms with Gasteiger partial charge in [0.1, 0.15) is 5.60 Å². The van der Waals surface area contributed by atoms with Crippen LogP contribution in [-0.2, 0) is 9.47 Å². The van der Waals surface area contributed by atoms with Crippen LogP contribution in [0.25, 0.3) is 0 Å². The van der Waals surface area contributed by atoms with Crippen molar-refractivity contribution in [2.24, 2.45) is 0 Å². The van der Waals surface area contributed by atoms with Crippen molar-refractivity contribution >= 4 is 6.09 Å². The number of hydrogen-bond acceptors (Lipinski definition) is 4. The first kappa shape index (κ1) is 17.5. The van der Waals surface area contributed by atoms with Crippen LogP contribution in [0.15, 0.2) is 12.5 Å². The zero-order chi connectivity index (χ0) is 16.0. The van der Waals surface area contributed by atoms with E-state index in [9.17, 15) is 4.79 Å². The Morgan fingerprint density at radius 3 is 2.67 bits per heavy atom. The second kappa shape index (κ2) is 7.45. The van der Waals surface area contributed by atoms with Gasteiger partial charge in [-0.1, -0.05) is 0 Å². The molecule has 6 nitrogen and oxygen atoms in total. The Labute approximate surface area is 126 Å². The zero-order valence-electron chi connectivity index (χ0n) is 13.8. The molecule has 0 aliphatic heterocycles. The van der Waals surface area contributed by atoms with Gasteiger partial charge < -0.3 is 19.4 Å². The second-order valence-corrected chi connectivity index (χ2v) is 6.10. The highest BCUT2D eigenvalue weighted by molar-refractivity contribution is 5.68. The minimum Gasteiger partial charge on any atom is -0.444 e. The molecule has 1 aromatic heterocycles. The summed E-state index contributed by atoms with van der Waals surface area (Å²) in [5.74, 6) is 0. The second-order valence-electron chi connectivity index (χ2n) is 6.10. The molecule has 6 heteroatoms. The molecule has 0 aromatic carbocycles. The van der Waals surface area contributed by atoms with Gasteiger partial charge in [0.2, 0.25) is 0 Å². The lowest BCUT2D eigenvalue weighted by atomic mass is 10.2. The standard InChI is InChI=1S/C15H27N3O3/c1-7-20-9-11(2)18-10-16-8-13(18)12(3)17-14(19)21-15(4,5)6/h8,10-12H,7,9H2,1-6H3,(H,17,19)/t11?,12-/m1/s1. The van der Waals surface area contributed by atoms with Crippen LogP contribution in [0.2, 0.25) is 0 Å². The lowest BCUT2D eigenvalue weighted by Gasteiger charge is -2.23. The van der Waals surface area contributed by atoms with Crippen molar-refractivity contribution in [3.8, 4) is 0 Å². The summed E-state index contributed by atoms with van der Waals surface area (Å²) in [4.78, 5) is 16.0. The maximum atomic E-state index is 11.8. The number of hydrogen-bond donors (Lipinski definition) is 1. The van der Waals surface area contributed by atoms with Gasteiger partial charge in [-0.2, -0.15) is 0 Å². The fourth-order valence-electron chi connectivity index (χ4n) is 1.95. The van der Waals surface area contributed by atoms with Crippen molar-refractivity contribution in [2.75, 3.05) is 13.2 Å². The first-order chi connectivity index (χ1) is 9.74. The lowest BCUT2D eigenvalue weighted by Crippen LogP contribution is -2.35. The molecule has 1 N–H and O–H groups in total. The predicted molar refractivity (Wildman–Crippen MR) is 81.2 cm³/mol. The smallest absolute Gasteiger partial charge is 0.408 e. The lowest BCUT2D eigenvalue weighted by molar-refractivity contribution is 0.0505. The third-order valence-electron chi connectivity index (χ3n) is 2.91. The molecular weight excluding hydrogens is 270 g/mol. The molecule has 0 radical (unpaired) electrons. The number of ether oxygens (including phenoxy) is 2. The van der Waals surface area contributed by atoms with Gasteiger partial charge in [0, 0.05) is 6.61 Å². The van der Waals surface area contributed by atoms with E-state index in [1.54, 1.807) is 12.5 Å². The van der Waals surface area contributed by atoms with E-state index in [4.69, 9.17) is 9.47 Å². The molecule has 1 amide bonds. The maximum absolute atomic E-state index is 11.8. The van der Waals surface area contributed by atoms with Crippen LogP contribution in [0.1, 0.15) is 59.3 Å². The Kier molecular flexibility index (Phi) is 6.20. The number of nitrogens with one attached hydrogen (secondary N) is 1. The summed E-state index contributed by atoms with van der Waals surface area (Å²) in [7, 11) is 0. The first-order valence-corrected chi connectivity index (χ1v) is 7.33. The molecule has 0 aliphatic carbocycles. The van der Waals surface area contributed by atoms with E-state index in [-0.39, 0.29) is 12.1 Å². The molecule has 0 spiro atoms. The zero-order valence-corrected chi connectivity index (χ0v) is 13.8. The van der Waals surface area contributed by atoms with Crippen LogP contribution in [0.3, 0.4) is 0 Å². The van der Waals surface area contributed by atoms with Gasteiger partial charge in [-0.05, 0) is 41.5 Å². The van der Waals surface area contributed by atoms with E-state index in [1.807, 2.05) is 39.2 Å². The summed E-state index contributed by atoms with van der Waals surface area (Å²) in [6.07, 6.45) is 3.08. The number of imidazole rings is 1. The molecule has 0 aliphatic rings. The van der Waals surface area contributed by atoms with Crippen LogP contribution >= 0.6 is 0 Å². The quantitative estimate of drug-likeness (QED) is 0.876. The Hall–Kier alpha value is -1.56.